The molecule has 1 aliphatic heterocycles. The molecule has 0 spiro atoms. The van der Waals surface area contributed by atoms with E-state index >= 15 is 0 Å². The van der Waals surface area contributed by atoms with Crippen molar-refractivity contribution in [3.63, 3.8) is 0 Å². The lowest BCUT2D eigenvalue weighted by Gasteiger charge is -2.33. The van der Waals surface area contributed by atoms with Gasteiger partial charge in [-0.3, -0.25) is 4.79 Å². The van der Waals surface area contributed by atoms with Crippen LogP contribution in [-0.2, 0) is 4.79 Å². The van der Waals surface area contributed by atoms with Crippen molar-refractivity contribution < 1.29 is 14.8 Å². The minimum atomic E-state index is -0.209. The van der Waals surface area contributed by atoms with Gasteiger partial charge in [-0.05, 0) is 18.4 Å². The SMILES string of the molecule is Cc1nc2sc([C@@H](c3ccc(C(C)C)cc3)[NH+]3CCC(C(N)=O)CC3)c(O)n2n1. The minimum absolute atomic E-state index is 0.0288. The van der Waals surface area contributed by atoms with Gasteiger partial charge in [0.2, 0.25) is 16.7 Å². The zero-order valence-corrected chi connectivity index (χ0v) is 17.9. The minimum Gasteiger partial charge on any atom is -0.492 e. The highest BCUT2D eigenvalue weighted by atomic mass is 32.1. The molecule has 0 aliphatic carbocycles. The first-order chi connectivity index (χ1) is 13.8. The summed E-state index contributed by atoms with van der Waals surface area (Å²) in [6.45, 7) is 7.84. The van der Waals surface area contributed by atoms with Gasteiger partial charge in [0.25, 0.3) is 0 Å². The number of aromatic nitrogens is 3. The quantitative estimate of drug-likeness (QED) is 0.593. The highest BCUT2D eigenvalue weighted by Crippen LogP contribution is 2.35. The first-order valence-corrected chi connectivity index (χ1v) is 11.0. The lowest BCUT2D eigenvalue weighted by Crippen LogP contribution is -3.13. The van der Waals surface area contributed by atoms with Crippen molar-refractivity contribution in [2.24, 2.45) is 11.7 Å². The summed E-state index contributed by atoms with van der Waals surface area (Å²) in [5.74, 6) is 1.01. The van der Waals surface area contributed by atoms with E-state index in [1.165, 1.54) is 26.3 Å². The molecular formula is C21H28N5O2S+. The molecular weight excluding hydrogens is 386 g/mol. The number of carbonyl (C=O) groups excluding carboxylic acids is 1. The van der Waals surface area contributed by atoms with E-state index in [0.717, 1.165) is 36.4 Å². The Bertz CT molecular complexity index is 1020. The van der Waals surface area contributed by atoms with Crippen LogP contribution in [0.3, 0.4) is 0 Å². The van der Waals surface area contributed by atoms with Crippen LogP contribution in [-0.4, -0.2) is 38.7 Å². The fourth-order valence-corrected chi connectivity index (χ4v) is 5.43. The number of hydrogen-bond donors (Lipinski definition) is 3. The summed E-state index contributed by atoms with van der Waals surface area (Å²) in [7, 11) is 0. The molecule has 3 heterocycles. The van der Waals surface area contributed by atoms with Crippen LogP contribution in [0.1, 0.15) is 60.5 Å². The van der Waals surface area contributed by atoms with E-state index in [0.29, 0.717) is 16.7 Å². The largest absolute Gasteiger partial charge is 0.492 e. The predicted octanol–water partition coefficient (Wildman–Crippen LogP) is 1.80. The molecule has 2 aromatic heterocycles. The van der Waals surface area contributed by atoms with Gasteiger partial charge in [0.1, 0.15) is 10.7 Å². The van der Waals surface area contributed by atoms with E-state index in [-0.39, 0.29) is 23.7 Å². The van der Waals surface area contributed by atoms with Crippen LogP contribution in [0.25, 0.3) is 4.96 Å². The first-order valence-electron chi connectivity index (χ1n) is 10.1. The number of likely N-dealkylation sites (tertiary alicyclic amines) is 1. The van der Waals surface area contributed by atoms with Crippen LogP contribution < -0.4 is 10.6 Å². The van der Waals surface area contributed by atoms with Gasteiger partial charge < -0.3 is 15.7 Å². The number of benzene rings is 1. The molecule has 4 N–H and O–H groups in total. The van der Waals surface area contributed by atoms with Crippen LogP contribution >= 0.6 is 11.3 Å². The molecule has 0 saturated carbocycles. The van der Waals surface area contributed by atoms with E-state index < -0.39 is 0 Å². The molecule has 7 nitrogen and oxygen atoms in total. The number of thiazole rings is 1. The monoisotopic (exact) mass is 414 g/mol. The van der Waals surface area contributed by atoms with E-state index in [4.69, 9.17) is 5.73 Å². The van der Waals surface area contributed by atoms with Gasteiger partial charge in [-0.25, -0.2) is 4.98 Å². The Morgan fingerprint density at radius 1 is 1.24 bits per heavy atom. The number of nitrogens with zero attached hydrogens (tertiary/aromatic N) is 3. The summed E-state index contributed by atoms with van der Waals surface area (Å²) in [5.41, 5.74) is 7.97. The number of aryl methyl sites for hydroxylation is 1. The Labute approximate surface area is 174 Å². The molecule has 0 bridgehead atoms. The molecule has 0 radical (unpaired) electrons. The number of piperidine rings is 1. The molecule has 1 aromatic carbocycles. The Balaban J connectivity index is 1.73. The number of carbonyl (C=O) groups is 1. The van der Waals surface area contributed by atoms with Crippen molar-refractivity contribution >= 4 is 22.2 Å². The fourth-order valence-electron chi connectivity index (χ4n) is 4.24. The van der Waals surface area contributed by atoms with Crippen molar-refractivity contribution in [1.82, 2.24) is 14.6 Å². The molecule has 29 heavy (non-hydrogen) atoms. The second-order valence-electron chi connectivity index (χ2n) is 8.23. The average Bonchev–Trinajstić information content (AvgIpc) is 3.20. The van der Waals surface area contributed by atoms with Gasteiger partial charge in [0, 0.05) is 24.3 Å². The number of rotatable bonds is 5. The zero-order chi connectivity index (χ0) is 20.7. The van der Waals surface area contributed by atoms with Crippen LogP contribution in [0.15, 0.2) is 24.3 Å². The Morgan fingerprint density at radius 2 is 1.86 bits per heavy atom. The lowest BCUT2D eigenvalue weighted by atomic mass is 9.92. The first kappa shape index (κ1) is 19.8. The number of amides is 1. The van der Waals surface area contributed by atoms with Crippen molar-refractivity contribution in [2.75, 3.05) is 13.1 Å². The average molecular weight is 415 g/mol. The highest BCUT2D eigenvalue weighted by molar-refractivity contribution is 7.17. The molecule has 154 valence electrons. The maximum atomic E-state index is 11.6. The third-order valence-corrected chi connectivity index (χ3v) is 7.03. The number of primary amides is 1. The fraction of sp³-hybridized carbons (Fsp3) is 0.476. The summed E-state index contributed by atoms with van der Waals surface area (Å²) in [4.78, 5) is 18.9. The van der Waals surface area contributed by atoms with Crippen molar-refractivity contribution in [1.29, 1.82) is 0 Å². The maximum absolute atomic E-state index is 11.6. The summed E-state index contributed by atoms with van der Waals surface area (Å²) >= 11 is 1.49. The van der Waals surface area contributed by atoms with Gasteiger partial charge in [-0.1, -0.05) is 49.4 Å². The van der Waals surface area contributed by atoms with Gasteiger partial charge >= 0.3 is 0 Å². The summed E-state index contributed by atoms with van der Waals surface area (Å²) < 4.78 is 1.53. The standard InChI is InChI=1S/C21H27N5O2S/c1-12(2)14-4-6-15(7-5-14)17(25-10-8-16(9-11-25)19(22)27)18-20(28)26-21(29-18)23-13(3)24-26/h4-7,12,16-17,28H,8-11H2,1-3H3,(H2,22,27)/p+1/t17-/m1/s1. The second kappa shape index (κ2) is 7.76. The topological polar surface area (TPSA) is 98.0 Å². The molecule has 4 rings (SSSR count). The molecule has 0 unspecified atom stereocenters. The number of nitrogens with one attached hydrogen (secondary N) is 1. The number of hydrogen-bond acceptors (Lipinski definition) is 5. The Morgan fingerprint density at radius 3 is 2.41 bits per heavy atom. The van der Waals surface area contributed by atoms with Gasteiger partial charge in [-0.2, -0.15) is 4.52 Å². The molecule has 1 atom stereocenters. The number of nitrogens with two attached hydrogens (primary N) is 1. The molecule has 8 heteroatoms. The van der Waals surface area contributed by atoms with Gasteiger partial charge in [0.05, 0.1) is 13.1 Å². The zero-order valence-electron chi connectivity index (χ0n) is 17.1. The maximum Gasteiger partial charge on any atom is 0.235 e. The third-order valence-electron chi connectivity index (χ3n) is 5.94. The number of aromatic hydroxyl groups is 1. The van der Waals surface area contributed by atoms with Gasteiger partial charge in [-0.15, -0.1) is 5.10 Å². The van der Waals surface area contributed by atoms with Gasteiger partial charge in [0.15, 0.2) is 6.04 Å². The molecule has 3 aromatic rings. The Kier molecular flexibility index (Phi) is 5.31. The lowest BCUT2D eigenvalue weighted by molar-refractivity contribution is -0.930. The smallest absolute Gasteiger partial charge is 0.235 e. The summed E-state index contributed by atoms with van der Waals surface area (Å²) in [5, 5.41) is 15.3. The Hall–Kier alpha value is -2.45. The second-order valence-corrected chi connectivity index (χ2v) is 9.24. The van der Waals surface area contributed by atoms with Crippen molar-refractivity contribution in [3.05, 3.63) is 46.1 Å². The summed E-state index contributed by atoms with van der Waals surface area (Å²) in [6, 6.07) is 8.63. The molecule has 1 fully saturated rings. The van der Waals surface area contributed by atoms with Crippen LogP contribution in [0, 0.1) is 12.8 Å². The summed E-state index contributed by atoms with van der Waals surface area (Å²) in [6.07, 6.45) is 1.54. The van der Waals surface area contributed by atoms with E-state index in [9.17, 15) is 9.90 Å². The molecule has 1 aliphatic rings. The highest BCUT2D eigenvalue weighted by Gasteiger charge is 2.36. The number of quaternary nitrogens is 1. The van der Waals surface area contributed by atoms with Crippen LogP contribution in [0.5, 0.6) is 5.88 Å². The van der Waals surface area contributed by atoms with E-state index in [1.54, 1.807) is 0 Å². The van der Waals surface area contributed by atoms with Crippen molar-refractivity contribution in [2.45, 2.75) is 45.6 Å². The predicted molar refractivity (Wildman–Crippen MR) is 112 cm³/mol. The molecule has 1 amide bonds. The van der Waals surface area contributed by atoms with E-state index in [2.05, 4.69) is 48.2 Å². The third kappa shape index (κ3) is 3.74. The van der Waals surface area contributed by atoms with E-state index in [1.807, 2.05) is 6.92 Å². The molecule has 1 saturated heterocycles. The van der Waals surface area contributed by atoms with Crippen molar-refractivity contribution in [3.8, 4) is 5.88 Å². The van der Waals surface area contributed by atoms with Crippen LogP contribution in [0.2, 0.25) is 0 Å². The van der Waals surface area contributed by atoms with Crippen LogP contribution in [0.4, 0.5) is 0 Å². The normalized spacial score (nSPS) is 21.0. The number of fused-ring (bicyclic) bond motifs is 1.